The minimum Gasteiger partial charge on any atom is -0.462 e. The highest BCUT2D eigenvalue weighted by atomic mass is 31.2. The number of aliphatic hydroxyl groups excluding tert-OH is 1. The number of carbonyl (C=O) groups is 4. The largest absolute Gasteiger partial charge is 0.472 e. The van der Waals surface area contributed by atoms with Crippen molar-refractivity contribution in [1.82, 2.24) is 0 Å². The SMILES string of the molecule is CCCCCCCCCCCC(=O)OC[C@H](COP(=O)(O)OC[C@H](O)COP(=O)(O)OC[C@@H](COC(=O)CCCCCCCCCCC(C)C)OC(=O)CCCCCCCCCCCCCCCCCC(C)C)OC(=O)CCCCCCCCC(C)C. The van der Waals surface area contributed by atoms with Crippen molar-refractivity contribution in [1.29, 1.82) is 0 Å². The Morgan fingerprint density at radius 1 is 0.310 bits per heavy atom. The van der Waals surface area contributed by atoms with Crippen molar-refractivity contribution >= 4 is 39.5 Å². The Morgan fingerprint density at radius 3 is 0.782 bits per heavy atom. The van der Waals surface area contributed by atoms with Crippen LogP contribution in [0.1, 0.15) is 337 Å². The molecule has 19 heteroatoms. The molecule has 0 heterocycles. The maximum Gasteiger partial charge on any atom is 0.472 e. The fourth-order valence-corrected chi connectivity index (χ4v) is 11.8. The zero-order chi connectivity index (χ0) is 64.5. The van der Waals surface area contributed by atoms with E-state index in [1.807, 2.05) is 0 Å². The highest BCUT2D eigenvalue weighted by Gasteiger charge is 2.30. The normalized spacial score (nSPS) is 14.3. The number of carbonyl (C=O) groups excluding carboxylic acids is 4. The Labute approximate surface area is 530 Å². The van der Waals surface area contributed by atoms with E-state index >= 15 is 0 Å². The van der Waals surface area contributed by atoms with Crippen molar-refractivity contribution in [3.63, 3.8) is 0 Å². The predicted octanol–water partition coefficient (Wildman–Crippen LogP) is 19.1. The monoisotopic (exact) mass is 1280 g/mol. The van der Waals surface area contributed by atoms with E-state index in [0.717, 1.165) is 102 Å². The van der Waals surface area contributed by atoms with Gasteiger partial charge >= 0.3 is 39.5 Å². The molecular formula is C68H132O17P2. The number of aliphatic hydroxyl groups is 1. The molecule has 0 radical (unpaired) electrons. The summed E-state index contributed by atoms with van der Waals surface area (Å²) in [6, 6.07) is 0. The number of hydrogen-bond donors (Lipinski definition) is 3. The lowest BCUT2D eigenvalue weighted by atomic mass is 10.0. The van der Waals surface area contributed by atoms with Gasteiger partial charge in [0.15, 0.2) is 12.2 Å². The number of phosphoric acid groups is 2. The van der Waals surface area contributed by atoms with Gasteiger partial charge in [-0.2, -0.15) is 0 Å². The third kappa shape index (κ3) is 62.6. The average molecular weight is 1280 g/mol. The molecule has 0 rings (SSSR count). The van der Waals surface area contributed by atoms with Gasteiger partial charge in [-0.25, -0.2) is 9.13 Å². The summed E-state index contributed by atoms with van der Waals surface area (Å²) in [7, 11) is -9.89. The molecule has 0 bridgehead atoms. The van der Waals surface area contributed by atoms with Crippen LogP contribution < -0.4 is 0 Å². The molecule has 0 aliphatic rings. The Hall–Kier alpha value is -1.94. The van der Waals surface area contributed by atoms with Crippen LogP contribution in [0.25, 0.3) is 0 Å². The fraction of sp³-hybridized carbons (Fsp3) is 0.941. The molecule has 0 aliphatic carbocycles. The van der Waals surface area contributed by atoms with E-state index in [1.165, 1.54) is 148 Å². The first-order valence-corrected chi connectivity index (χ1v) is 38.3. The van der Waals surface area contributed by atoms with Crippen molar-refractivity contribution < 1.29 is 80.2 Å². The van der Waals surface area contributed by atoms with Gasteiger partial charge in [-0.1, -0.05) is 286 Å². The molecule has 87 heavy (non-hydrogen) atoms. The summed E-state index contributed by atoms with van der Waals surface area (Å²) in [6.07, 6.45) is 41.9. The Bertz CT molecular complexity index is 1720. The van der Waals surface area contributed by atoms with Gasteiger partial charge in [0, 0.05) is 25.7 Å². The average Bonchev–Trinajstić information content (AvgIpc) is 3.68. The van der Waals surface area contributed by atoms with Crippen LogP contribution in [0, 0.1) is 17.8 Å². The summed E-state index contributed by atoms with van der Waals surface area (Å²) in [4.78, 5) is 72.3. The number of rotatable bonds is 66. The zero-order valence-electron chi connectivity index (χ0n) is 56.5. The van der Waals surface area contributed by atoms with Gasteiger partial charge in [-0.3, -0.25) is 37.3 Å². The third-order valence-corrected chi connectivity index (χ3v) is 17.5. The maximum absolute atomic E-state index is 13.0. The fourth-order valence-electron chi connectivity index (χ4n) is 10.2. The van der Waals surface area contributed by atoms with E-state index in [-0.39, 0.29) is 25.7 Å². The lowest BCUT2D eigenvalue weighted by Crippen LogP contribution is -2.30. The number of ether oxygens (including phenoxy) is 4. The topological polar surface area (TPSA) is 237 Å². The molecule has 0 spiro atoms. The first-order valence-electron chi connectivity index (χ1n) is 35.3. The van der Waals surface area contributed by atoms with Gasteiger partial charge in [0.2, 0.25) is 0 Å². The summed E-state index contributed by atoms with van der Waals surface area (Å²) in [5.74, 6) is 0.0631. The molecule has 3 N–H and O–H groups in total. The number of unbranched alkanes of at least 4 members (excludes halogenated alkanes) is 34. The van der Waals surface area contributed by atoms with Crippen LogP contribution in [0.4, 0.5) is 0 Å². The van der Waals surface area contributed by atoms with Crippen LogP contribution in [0.3, 0.4) is 0 Å². The Balaban J connectivity index is 5.19. The maximum atomic E-state index is 13.0. The smallest absolute Gasteiger partial charge is 0.462 e. The standard InChI is InChI=1S/C68H132O17P2/c1-8-9-10-11-12-20-27-35-42-49-65(70)78-56-64(85-68(73)52-45-38-31-30-34-41-48-61(6)7)58-83-87(76,77)81-54-62(69)53-80-86(74,75)82-57-63(55-79-66(71)50-43-36-28-24-23-26-33-40-47-60(4)5)84-67(72)51-44-37-29-22-19-17-15-13-14-16-18-21-25-32-39-46-59(2)3/h59-64,69H,8-58H2,1-7H3,(H,74,75)(H,76,77)/t62-,63-,64-/m1/s1. The van der Waals surface area contributed by atoms with Gasteiger partial charge in [0.05, 0.1) is 26.4 Å². The van der Waals surface area contributed by atoms with Crippen molar-refractivity contribution in [3.8, 4) is 0 Å². The highest BCUT2D eigenvalue weighted by molar-refractivity contribution is 7.47. The molecule has 0 fully saturated rings. The van der Waals surface area contributed by atoms with Crippen LogP contribution in [-0.4, -0.2) is 96.7 Å². The zero-order valence-corrected chi connectivity index (χ0v) is 58.3. The molecule has 0 aromatic carbocycles. The van der Waals surface area contributed by atoms with E-state index < -0.39 is 97.5 Å². The minimum absolute atomic E-state index is 0.102. The van der Waals surface area contributed by atoms with Gasteiger partial charge in [0.1, 0.15) is 19.3 Å². The highest BCUT2D eigenvalue weighted by Crippen LogP contribution is 2.45. The summed E-state index contributed by atoms with van der Waals surface area (Å²) >= 11 is 0. The van der Waals surface area contributed by atoms with E-state index in [1.54, 1.807) is 0 Å². The first kappa shape index (κ1) is 85.1. The van der Waals surface area contributed by atoms with Crippen molar-refractivity contribution in [2.24, 2.45) is 17.8 Å². The molecule has 0 saturated heterocycles. The number of phosphoric ester groups is 2. The number of esters is 4. The van der Waals surface area contributed by atoms with Gasteiger partial charge < -0.3 is 33.8 Å². The lowest BCUT2D eigenvalue weighted by Gasteiger charge is -2.21. The van der Waals surface area contributed by atoms with E-state index in [0.29, 0.717) is 31.6 Å². The van der Waals surface area contributed by atoms with Crippen LogP contribution in [-0.2, 0) is 65.4 Å². The Morgan fingerprint density at radius 2 is 0.529 bits per heavy atom. The summed E-state index contributed by atoms with van der Waals surface area (Å²) in [5.41, 5.74) is 0. The molecule has 0 aromatic rings. The first-order chi connectivity index (χ1) is 41.7. The van der Waals surface area contributed by atoms with Crippen LogP contribution in [0.2, 0.25) is 0 Å². The molecule has 0 amide bonds. The van der Waals surface area contributed by atoms with Crippen molar-refractivity contribution in [2.45, 2.75) is 356 Å². The molecule has 2 unspecified atom stereocenters. The van der Waals surface area contributed by atoms with Crippen LogP contribution >= 0.6 is 15.6 Å². The second-order valence-corrected chi connectivity index (χ2v) is 28.9. The second-order valence-electron chi connectivity index (χ2n) is 26.0. The van der Waals surface area contributed by atoms with E-state index in [9.17, 15) is 43.2 Å². The summed E-state index contributed by atoms with van der Waals surface area (Å²) < 4.78 is 68.1. The third-order valence-electron chi connectivity index (χ3n) is 15.6. The molecule has 0 aromatic heterocycles. The van der Waals surface area contributed by atoms with Gasteiger partial charge in [-0.15, -0.1) is 0 Å². The van der Waals surface area contributed by atoms with Gasteiger partial charge in [-0.05, 0) is 43.4 Å². The van der Waals surface area contributed by atoms with Crippen LogP contribution in [0.15, 0.2) is 0 Å². The Kier molecular flexibility index (Phi) is 57.8. The van der Waals surface area contributed by atoms with E-state index in [4.69, 9.17) is 37.0 Å². The molecule has 17 nitrogen and oxygen atoms in total. The molecule has 5 atom stereocenters. The molecule has 0 aliphatic heterocycles. The molecule has 516 valence electrons. The number of hydrogen-bond acceptors (Lipinski definition) is 15. The van der Waals surface area contributed by atoms with Crippen LogP contribution in [0.5, 0.6) is 0 Å². The molecule has 0 saturated carbocycles. The van der Waals surface area contributed by atoms with E-state index in [2.05, 4.69) is 48.5 Å². The lowest BCUT2D eigenvalue weighted by molar-refractivity contribution is -0.161. The summed E-state index contributed by atoms with van der Waals surface area (Å²) in [5, 5.41) is 10.6. The van der Waals surface area contributed by atoms with Gasteiger partial charge in [0.25, 0.3) is 0 Å². The molecular weight excluding hydrogens is 1150 g/mol. The van der Waals surface area contributed by atoms with Crippen molar-refractivity contribution in [3.05, 3.63) is 0 Å². The second kappa shape index (κ2) is 59.1. The predicted molar refractivity (Wildman–Crippen MR) is 349 cm³/mol. The van der Waals surface area contributed by atoms with Crippen molar-refractivity contribution in [2.75, 3.05) is 39.6 Å². The quantitative estimate of drug-likeness (QED) is 0.0222. The minimum atomic E-state index is -4.95. The summed E-state index contributed by atoms with van der Waals surface area (Å²) in [6.45, 7) is 11.7.